The molecule has 0 bridgehead atoms. The summed E-state index contributed by atoms with van der Waals surface area (Å²) in [6, 6.07) is 8.43. The number of fused-ring (bicyclic) bond motifs is 1. The van der Waals surface area contributed by atoms with Crippen LogP contribution in [0, 0.1) is 0 Å². The molecular weight excluding hydrogens is 350 g/mol. The lowest BCUT2D eigenvalue weighted by Crippen LogP contribution is -2.35. The van der Waals surface area contributed by atoms with E-state index in [0.29, 0.717) is 6.54 Å². The van der Waals surface area contributed by atoms with Gasteiger partial charge in [0.15, 0.2) is 11.3 Å². The Morgan fingerprint density at radius 1 is 1.27 bits per heavy atom. The van der Waals surface area contributed by atoms with Crippen LogP contribution in [-0.2, 0) is 27.1 Å². The van der Waals surface area contributed by atoms with Crippen LogP contribution in [0.1, 0.15) is 18.2 Å². The van der Waals surface area contributed by atoms with Crippen LogP contribution in [-0.4, -0.2) is 42.3 Å². The molecule has 3 aromatic rings. The van der Waals surface area contributed by atoms with Gasteiger partial charge < -0.3 is 14.8 Å². The monoisotopic (exact) mass is 373 g/mol. The first kappa shape index (κ1) is 18.6. The topological polar surface area (TPSA) is 64.9 Å². The highest BCUT2D eigenvalue weighted by molar-refractivity contribution is 7.15. The maximum Gasteiger partial charge on any atom is 0.226 e. The molecule has 7 heteroatoms. The van der Waals surface area contributed by atoms with Gasteiger partial charge in [-0.15, -0.1) is 11.3 Å². The Bertz CT molecular complexity index is 866. The lowest BCUT2D eigenvalue weighted by Gasteiger charge is -2.13. The minimum Gasteiger partial charge on any atom is -0.354 e. The fourth-order valence-corrected chi connectivity index (χ4v) is 3.57. The molecule has 1 aromatic carbocycles. The molecule has 0 radical (unpaired) electrons. The van der Waals surface area contributed by atoms with E-state index >= 15 is 0 Å². The van der Waals surface area contributed by atoms with Gasteiger partial charge in [-0.1, -0.05) is 31.2 Å². The molecule has 0 spiro atoms. The standard InChI is InChI=1S/C19H23N3O3S/c1-4-13-5-7-14(8-6-13)16-11-22-15(12-26-19(22)21-16)9-17(23)20-10-18(24-2)25-3/h5-8,11-12,18H,4,9-10H2,1-3H3,(H,20,23). The van der Waals surface area contributed by atoms with E-state index in [0.717, 1.165) is 28.3 Å². The van der Waals surface area contributed by atoms with Crippen molar-refractivity contribution in [2.75, 3.05) is 20.8 Å². The fourth-order valence-electron chi connectivity index (χ4n) is 2.69. The van der Waals surface area contributed by atoms with E-state index < -0.39 is 6.29 Å². The lowest BCUT2D eigenvalue weighted by atomic mass is 10.1. The molecule has 0 atom stereocenters. The summed E-state index contributed by atoms with van der Waals surface area (Å²) in [7, 11) is 3.09. The lowest BCUT2D eigenvalue weighted by molar-refractivity contribution is -0.126. The minimum absolute atomic E-state index is 0.0775. The Kier molecular flexibility index (Phi) is 6.03. The third-order valence-electron chi connectivity index (χ3n) is 4.27. The molecule has 3 rings (SSSR count). The van der Waals surface area contributed by atoms with E-state index in [1.165, 1.54) is 16.9 Å². The molecule has 1 N–H and O–H groups in total. The van der Waals surface area contributed by atoms with Gasteiger partial charge in [-0.25, -0.2) is 4.98 Å². The second-order valence-electron chi connectivity index (χ2n) is 5.94. The van der Waals surface area contributed by atoms with Gasteiger partial charge in [0.05, 0.1) is 18.7 Å². The van der Waals surface area contributed by atoms with Crippen molar-refractivity contribution in [2.24, 2.45) is 0 Å². The minimum atomic E-state index is -0.438. The second kappa shape index (κ2) is 8.44. The van der Waals surface area contributed by atoms with E-state index in [1.54, 1.807) is 14.2 Å². The number of hydrogen-bond donors (Lipinski definition) is 1. The third-order valence-corrected chi connectivity index (χ3v) is 5.16. The molecule has 2 heterocycles. The number of nitrogens with zero attached hydrogens (tertiary/aromatic N) is 2. The van der Waals surface area contributed by atoms with Crippen LogP contribution in [0.4, 0.5) is 0 Å². The van der Waals surface area contributed by atoms with E-state index in [1.807, 2.05) is 16.0 Å². The normalized spacial score (nSPS) is 11.4. The number of imidazole rings is 1. The molecule has 0 aliphatic rings. The fraction of sp³-hybridized carbons (Fsp3) is 0.368. The molecule has 0 fully saturated rings. The number of nitrogens with one attached hydrogen (secondary N) is 1. The van der Waals surface area contributed by atoms with Crippen LogP contribution in [0.15, 0.2) is 35.8 Å². The average molecular weight is 373 g/mol. The number of hydrogen-bond acceptors (Lipinski definition) is 5. The molecule has 0 aliphatic carbocycles. The number of thiazole rings is 1. The van der Waals surface area contributed by atoms with Crippen LogP contribution in [0.25, 0.3) is 16.2 Å². The van der Waals surface area contributed by atoms with Gasteiger partial charge in [0.25, 0.3) is 0 Å². The van der Waals surface area contributed by atoms with Gasteiger partial charge in [-0.3, -0.25) is 9.20 Å². The molecular formula is C19H23N3O3S. The van der Waals surface area contributed by atoms with Crippen molar-refractivity contribution in [3.63, 3.8) is 0 Å². The number of ether oxygens (including phenoxy) is 2. The van der Waals surface area contributed by atoms with Gasteiger partial charge >= 0.3 is 0 Å². The second-order valence-corrected chi connectivity index (χ2v) is 6.77. The van der Waals surface area contributed by atoms with Crippen LogP contribution < -0.4 is 5.32 Å². The van der Waals surface area contributed by atoms with Crippen molar-refractivity contribution < 1.29 is 14.3 Å². The Morgan fingerprint density at radius 3 is 2.65 bits per heavy atom. The number of carbonyl (C=O) groups is 1. The van der Waals surface area contributed by atoms with E-state index in [2.05, 4.69) is 41.5 Å². The van der Waals surface area contributed by atoms with Gasteiger partial charge in [0.2, 0.25) is 5.91 Å². The summed E-state index contributed by atoms with van der Waals surface area (Å²) in [4.78, 5) is 17.7. The average Bonchev–Trinajstić information content (AvgIpc) is 3.25. The molecule has 26 heavy (non-hydrogen) atoms. The Hall–Kier alpha value is -2.22. The summed E-state index contributed by atoms with van der Waals surface area (Å²) in [6.07, 6.45) is 2.85. The molecule has 1 amide bonds. The van der Waals surface area contributed by atoms with Crippen molar-refractivity contribution in [1.29, 1.82) is 0 Å². The molecule has 0 unspecified atom stereocenters. The molecule has 0 saturated heterocycles. The maximum absolute atomic E-state index is 12.2. The number of carbonyl (C=O) groups excluding carboxylic acids is 1. The Morgan fingerprint density at radius 2 is 2.00 bits per heavy atom. The van der Waals surface area contributed by atoms with Crippen molar-refractivity contribution in [1.82, 2.24) is 14.7 Å². The van der Waals surface area contributed by atoms with Crippen LogP contribution >= 0.6 is 11.3 Å². The first-order valence-corrected chi connectivity index (χ1v) is 9.39. The van der Waals surface area contributed by atoms with Gasteiger partial charge in [0.1, 0.15) is 0 Å². The quantitative estimate of drug-likeness (QED) is 0.617. The van der Waals surface area contributed by atoms with Crippen LogP contribution in [0.3, 0.4) is 0 Å². The number of methoxy groups -OCH3 is 2. The number of aromatic nitrogens is 2. The number of amides is 1. The first-order valence-electron chi connectivity index (χ1n) is 8.51. The highest BCUT2D eigenvalue weighted by Gasteiger charge is 2.14. The Labute approximate surface area is 156 Å². The third kappa shape index (κ3) is 4.12. The van der Waals surface area contributed by atoms with Crippen molar-refractivity contribution >= 4 is 22.2 Å². The maximum atomic E-state index is 12.2. The summed E-state index contributed by atoms with van der Waals surface area (Å²) < 4.78 is 12.1. The van der Waals surface area contributed by atoms with Gasteiger partial charge in [-0.2, -0.15) is 0 Å². The predicted octanol–water partition coefficient (Wildman–Crippen LogP) is 2.90. The van der Waals surface area contributed by atoms with Crippen LogP contribution in [0.2, 0.25) is 0 Å². The number of benzene rings is 1. The molecule has 138 valence electrons. The predicted molar refractivity (Wildman–Crippen MR) is 102 cm³/mol. The smallest absolute Gasteiger partial charge is 0.226 e. The highest BCUT2D eigenvalue weighted by atomic mass is 32.1. The van der Waals surface area contributed by atoms with Crippen LogP contribution in [0.5, 0.6) is 0 Å². The summed E-state index contributed by atoms with van der Waals surface area (Å²) in [6.45, 7) is 2.46. The van der Waals surface area contributed by atoms with E-state index in [9.17, 15) is 4.79 Å². The summed E-state index contributed by atoms with van der Waals surface area (Å²) in [5.74, 6) is -0.0775. The van der Waals surface area contributed by atoms with E-state index in [-0.39, 0.29) is 12.3 Å². The zero-order valence-corrected chi connectivity index (χ0v) is 16.0. The summed E-state index contributed by atoms with van der Waals surface area (Å²) in [5, 5.41) is 4.79. The number of rotatable bonds is 8. The van der Waals surface area contributed by atoms with Crippen molar-refractivity contribution in [3.8, 4) is 11.3 Å². The molecule has 0 saturated carbocycles. The largest absolute Gasteiger partial charge is 0.354 e. The van der Waals surface area contributed by atoms with E-state index in [4.69, 9.17) is 9.47 Å². The SMILES string of the molecule is CCc1ccc(-c2cn3c(CC(=O)NCC(OC)OC)csc3n2)cc1. The van der Waals surface area contributed by atoms with Crippen molar-refractivity contribution in [2.45, 2.75) is 26.1 Å². The van der Waals surface area contributed by atoms with Crippen molar-refractivity contribution in [3.05, 3.63) is 47.1 Å². The zero-order valence-electron chi connectivity index (χ0n) is 15.2. The van der Waals surface area contributed by atoms with Gasteiger partial charge in [0, 0.05) is 37.1 Å². The highest BCUT2D eigenvalue weighted by Crippen LogP contribution is 2.24. The Balaban J connectivity index is 1.72. The van der Waals surface area contributed by atoms with Gasteiger partial charge in [-0.05, 0) is 12.0 Å². The molecule has 2 aromatic heterocycles. The molecule has 6 nitrogen and oxygen atoms in total. The summed E-state index contributed by atoms with van der Waals surface area (Å²) >= 11 is 1.53. The molecule has 0 aliphatic heterocycles. The zero-order chi connectivity index (χ0) is 18.5. The first-order chi connectivity index (χ1) is 12.6. The summed E-state index contributed by atoms with van der Waals surface area (Å²) in [5.41, 5.74) is 4.21. The number of aryl methyl sites for hydroxylation is 1.